The van der Waals surface area contributed by atoms with E-state index in [0.717, 1.165) is 6.20 Å². The van der Waals surface area contributed by atoms with Crippen LogP contribution in [0.4, 0.5) is 19.0 Å². The molecule has 6 heteroatoms. The number of alkyl halides is 3. The van der Waals surface area contributed by atoms with E-state index < -0.39 is 11.7 Å². The van der Waals surface area contributed by atoms with Crippen LogP contribution in [0.2, 0.25) is 0 Å². The third-order valence-electron chi connectivity index (χ3n) is 2.43. The molecule has 1 heterocycles. The molecule has 0 saturated heterocycles. The first kappa shape index (κ1) is 11.5. The van der Waals surface area contributed by atoms with Gasteiger partial charge in [0.2, 0.25) is 0 Å². The van der Waals surface area contributed by atoms with Gasteiger partial charge in [-0.05, 0) is 23.6 Å². The van der Waals surface area contributed by atoms with Crippen molar-refractivity contribution in [3.8, 4) is 5.75 Å². The van der Waals surface area contributed by atoms with E-state index in [1.54, 1.807) is 0 Å². The molecule has 0 fully saturated rings. The third kappa shape index (κ3) is 1.98. The lowest BCUT2D eigenvalue weighted by molar-refractivity contribution is -0.136. The van der Waals surface area contributed by atoms with E-state index in [0.29, 0.717) is 5.75 Å². The Morgan fingerprint density at radius 1 is 1.24 bits per heavy atom. The SMILES string of the molecule is COc1ccc2c(C(F)(F)F)cnc(N)c2c1. The van der Waals surface area contributed by atoms with Gasteiger partial charge in [0.1, 0.15) is 11.6 Å². The highest BCUT2D eigenvalue weighted by Gasteiger charge is 2.33. The molecule has 2 aromatic rings. The molecule has 0 bridgehead atoms. The number of nitrogens with zero attached hydrogens (tertiary/aromatic N) is 1. The van der Waals surface area contributed by atoms with Gasteiger partial charge in [-0.2, -0.15) is 13.2 Å². The first-order valence-corrected chi connectivity index (χ1v) is 4.73. The standard InChI is InChI=1S/C11H9F3N2O/c1-17-6-2-3-7-8(4-6)10(15)16-5-9(7)11(12,13)14/h2-5H,1H3,(H2,15,16). The van der Waals surface area contributed by atoms with E-state index in [9.17, 15) is 13.2 Å². The van der Waals surface area contributed by atoms with Gasteiger partial charge in [0.15, 0.2) is 0 Å². The highest BCUT2D eigenvalue weighted by atomic mass is 19.4. The summed E-state index contributed by atoms with van der Waals surface area (Å²) in [6, 6.07) is 4.22. The molecule has 0 aliphatic heterocycles. The number of aromatic nitrogens is 1. The van der Waals surface area contributed by atoms with Gasteiger partial charge in [-0.25, -0.2) is 4.98 Å². The Bertz CT molecular complexity index is 566. The Morgan fingerprint density at radius 3 is 2.53 bits per heavy atom. The second-order valence-electron chi connectivity index (χ2n) is 3.47. The molecule has 0 radical (unpaired) electrons. The van der Waals surface area contributed by atoms with Crippen molar-refractivity contribution in [2.24, 2.45) is 0 Å². The minimum absolute atomic E-state index is 0.0193. The Hall–Kier alpha value is -1.98. The average Bonchev–Trinajstić information content (AvgIpc) is 2.27. The summed E-state index contributed by atoms with van der Waals surface area (Å²) >= 11 is 0. The Labute approximate surface area is 95.0 Å². The fourth-order valence-corrected chi connectivity index (χ4v) is 1.60. The van der Waals surface area contributed by atoms with Crippen LogP contribution in [0.5, 0.6) is 5.75 Å². The molecule has 2 N–H and O–H groups in total. The molecular weight excluding hydrogens is 233 g/mol. The van der Waals surface area contributed by atoms with Crippen molar-refractivity contribution in [3.63, 3.8) is 0 Å². The molecule has 0 saturated carbocycles. The number of fused-ring (bicyclic) bond motifs is 1. The maximum absolute atomic E-state index is 12.7. The molecular formula is C11H9F3N2O. The van der Waals surface area contributed by atoms with Gasteiger partial charge >= 0.3 is 6.18 Å². The molecule has 17 heavy (non-hydrogen) atoms. The van der Waals surface area contributed by atoms with Gasteiger partial charge in [-0.3, -0.25) is 0 Å². The van der Waals surface area contributed by atoms with Crippen LogP contribution in [-0.4, -0.2) is 12.1 Å². The third-order valence-corrected chi connectivity index (χ3v) is 2.43. The lowest BCUT2D eigenvalue weighted by Crippen LogP contribution is -2.07. The Morgan fingerprint density at radius 2 is 1.94 bits per heavy atom. The Balaban J connectivity index is 2.78. The number of halogens is 3. The maximum Gasteiger partial charge on any atom is 0.418 e. The molecule has 3 nitrogen and oxygen atoms in total. The summed E-state index contributed by atoms with van der Waals surface area (Å²) in [7, 11) is 1.43. The van der Waals surface area contributed by atoms with E-state index >= 15 is 0 Å². The maximum atomic E-state index is 12.7. The van der Waals surface area contributed by atoms with E-state index in [1.165, 1.54) is 25.3 Å². The summed E-state index contributed by atoms with van der Waals surface area (Å²) in [5, 5.41) is 0.255. The highest BCUT2D eigenvalue weighted by Crippen LogP contribution is 2.36. The van der Waals surface area contributed by atoms with Crippen LogP contribution in [0.25, 0.3) is 10.8 Å². The van der Waals surface area contributed by atoms with Crippen LogP contribution in [0.15, 0.2) is 24.4 Å². The number of rotatable bonds is 1. The number of nitrogen functional groups attached to an aromatic ring is 1. The van der Waals surface area contributed by atoms with Crippen molar-refractivity contribution in [1.29, 1.82) is 0 Å². The molecule has 1 aromatic heterocycles. The van der Waals surface area contributed by atoms with Crippen molar-refractivity contribution in [2.45, 2.75) is 6.18 Å². The summed E-state index contributed by atoms with van der Waals surface area (Å²) in [6.45, 7) is 0. The lowest BCUT2D eigenvalue weighted by atomic mass is 10.1. The topological polar surface area (TPSA) is 48.1 Å². The predicted octanol–water partition coefficient (Wildman–Crippen LogP) is 2.84. The quantitative estimate of drug-likeness (QED) is 0.836. The summed E-state index contributed by atoms with van der Waals surface area (Å²) in [5.41, 5.74) is 4.76. The molecule has 0 spiro atoms. The Kier molecular flexibility index (Phi) is 2.57. The fourth-order valence-electron chi connectivity index (χ4n) is 1.60. The fraction of sp³-hybridized carbons (Fsp3) is 0.182. The average molecular weight is 242 g/mol. The normalized spacial score (nSPS) is 11.8. The molecule has 2 rings (SSSR count). The van der Waals surface area contributed by atoms with Crippen molar-refractivity contribution < 1.29 is 17.9 Å². The van der Waals surface area contributed by atoms with Gasteiger partial charge in [-0.15, -0.1) is 0 Å². The summed E-state index contributed by atoms with van der Waals surface area (Å²) < 4.78 is 43.1. The zero-order chi connectivity index (χ0) is 12.6. The summed E-state index contributed by atoms with van der Waals surface area (Å²) in [5.74, 6) is 0.484. The van der Waals surface area contributed by atoms with Crippen LogP contribution < -0.4 is 10.5 Å². The predicted molar refractivity (Wildman–Crippen MR) is 57.7 cm³/mol. The molecule has 0 unspecified atom stereocenters. The van der Waals surface area contributed by atoms with E-state index in [-0.39, 0.29) is 16.6 Å². The van der Waals surface area contributed by atoms with E-state index in [4.69, 9.17) is 10.5 Å². The zero-order valence-corrected chi connectivity index (χ0v) is 8.88. The minimum atomic E-state index is -4.45. The number of ether oxygens (including phenoxy) is 1. The molecule has 1 aromatic carbocycles. The summed E-state index contributed by atoms with van der Waals surface area (Å²) in [4.78, 5) is 3.55. The van der Waals surface area contributed by atoms with Gasteiger partial charge < -0.3 is 10.5 Å². The number of nitrogens with two attached hydrogens (primary N) is 1. The smallest absolute Gasteiger partial charge is 0.418 e. The molecule has 0 amide bonds. The first-order valence-electron chi connectivity index (χ1n) is 4.73. The molecule has 0 aliphatic rings. The summed E-state index contributed by atoms with van der Waals surface area (Å²) in [6.07, 6.45) is -3.71. The van der Waals surface area contributed by atoms with E-state index in [2.05, 4.69) is 4.98 Å². The second-order valence-corrected chi connectivity index (χ2v) is 3.47. The molecule has 0 aliphatic carbocycles. The number of pyridine rings is 1. The number of methoxy groups -OCH3 is 1. The van der Waals surface area contributed by atoms with Crippen LogP contribution in [0, 0.1) is 0 Å². The van der Waals surface area contributed by atoms with Crippen molar-refractivity contribution in [2.75, 3.05) is 12.8 Å². The van der Waals surface area contributed by atoms with Gasteiger partial charge in [0.25, 0.3) is 0 Å². The number of hydrogen-bond donors (Lipinski definition) is 1. The largest absolute Gasteiger partial charge is 0.497 e. The zero-order valence-electron chi connectivity index (χ0n) is 8.88. The monoisotopic (exact) mass is 242 g/mol. The lowest BCUT2D eigenvalue weighted by Gasteiger charge is -2.11. The second kappa shape index (κ2) is 3.80. The van der Waals surface area contributed by atoms with E-state index in [1.807, 2.05) is 0 Å². The number of benzene rings is 1. The minimum Gasteiger partial charge on any atom is -0.497 e. The first-order chi connectivity index (χ1) is 7.93. The van der Waals surface area contributed by atoms with Crippen molar-refractivity contribution in [1.82, 2.24) is 4.98 Å². The molecule has 90 valence electrons. The molecule has 0 atom stereocenters. The van der Waals surface area contributed by atoms with Crippen LogP contribution in [0.3, 0.4) is 0 Å². The number of hydrogen-bond acceptors (Lipinski definition) is 3. The van der Waals surface area contributed by atoms with Crippen molar-refractivity contribution in [3.05, 3.63) is 30.0 Å². The van der Waals surface area contributed by atoms with Crippen molar-refractivity contribution >= 4 is 16.6 Å². The van der Waals surface area contributed by atoms with Gasteiger partial charge in [-0.1, -0.05) is 0 Å². The van der Waals surface area contributed by atoms with Gasteiger partial charge in [0.05, 0.1) is 12.7 Å². The van der Waals surface area contributed by atoms with Crippen LogP contribution >= 0.6 is 0 Å². The van der Waals surface area contributed by atoms with Crippen LogP contribution in [0.1, 0.15) is 5.56 Å². The number of anilines is 1. The van der Waals surface area contributed by atoms with Crippen LogP contribution in [-0.2, 0) is 6.18 Å². The van der Waals surface area contributed by atoms with Gasteiger partial charge in [0, 0.05) is 11.6 Å². The highest BCUT2D eigenvalue weighted by molar-refractivity contribution is 5.94.